The lowest BCUT2D eigenvalue weighted by Gasteiger charge is -2.30. The highest BCUT2D eigenvalue weighted by molar-refractivity contribution is 5.82. The zero-order valence-corrected chi connectivity index (χ0v) is 12.4. The van der Waals surface area contributed by atoms with Crippen molar-refractivity contribution in [2.75, 3.05) is 33.7 Å². The van der Waals surface area contributed by atoms with Crippen LogP contribution in [0.4, 0.5) is 0 Å². The van der Waals surface area contributed by atoms with Gasteiger partial charge in [0.1, 0.15) is 0 Å². The third-order valence-electron chi connectivity index (χ3n) is 3.59. The Balaban J connectivity index is 4.20. The van der Waals surface area contributed by atoms with Gasteiger partial charge < -0.3 is 14.9 Å². The predicted molar refractivity (Wildman–Crippen MR) is 71.1 cm³/mol. The SMILES string of the molecule is CC(C)C(C)(C)C(=O)NCC[N+](C)(C)CC(=O)O. The van der Waals surface area contributed by atoms with Gasteiger partial charge in [0.15, 0.2) is 6.54 Å². The van der Waals surface area contributed by atoms with Crippen molar-refractivity contribution >= 4 is 11.9 Å². The molecule has 1 amide bonds. The Bertz CT molecular complexity index is 309. The van der Waals surface area contributed by atoms with Crippen molar-refractivity contribution in [1.82, 2.24) is 5.32 Å². The molecule has 0 bridgehead atoms. The Morgan fingerprint density at radius 2 is 1.78 bits per heavy atom. The summed E-state index contributed by atoms with van der Waals surface area (Å²) in [6.07, 6.45) is 0. The van der Waals surface area contributed by atoms with Crippen molar-refractivity contribution in [3.05, 3.63) is 0 Å². The Morgan fingerprint density at radius 3 is 2.17 bits per heavy atom. The van der Waals surface area contributed by atoms with Crippen molar-refractivity contribution in [1.29, 1.82) is 0 Å². The number of carbonyl (C=O) groups excluding carboxylic acids is 1. The van der Waals surface area contributed by atoms with E-state index in [1.807, 2.05) is 41.8 Å². The molecule has 0 aromatic carbocycles. The Labute approximate surface area is 110 Å². The fourth-order valence-corrected chi connectivity index (χ4v) is 1.41. The number of quaternary nitrogens is 1. The highest BCUT2D eigenvalue weighted by Gasteiger charge is 2.31. The third kappa shape index (κ3) is 5.49. The maximum absolute atomic E-state index is 12.0. The summed E-state index contributed by atoms with van der Waals surface area (Å²) in [7, 11) is 3.68. The lowest BCUT2D eigenvalue weighted by Crippen LogP contribution is -2.50. The summed E-state index contributed by atoms with van der Waals surface area (Å²) in [5.74, 6) is -0.541. The summed E-state index contributed by atoms with van der Waals surface area (Å²) in [6, 6.07) is 0. The highest BCUT2D eigenvalue weighted by Crippen LogP contribution is 2.25. The zero-order valence-electron chi connectivity index (χ0n) is 12.4. The number of nitrogens with one attached hydrogen (secondary N) is 1. The second kappa shape index (κ2) is 6.18. The minimum atomic E-state index is -0.825. The number of nitrogens with zero attached hydrogens (tertiary/aromatic N) is 1. The molecule has 0 spiro atoms. The van der Waals surface area contributed by atoms with Gasteiger partial charge in [-0.2, -0.15) is 0 Å². The van der Waals surface area contributed by atoms with Crippen LogP contribution >= 0.6 is 0 Å². The van der Waals surface area contributed by atoms with E-state index >= 15 is 0 Å². The monoisotopic (exact) mass is 259 g/mol. The molecule has 0 saturated heterocycles. The molecule has 5 nitrogen and oxygen atoms in total. The van der Waals surface area contributed by atoms with Gasteiger partial charge in [0.2, 0.25) is 5.91 Å². The number of hydrogen-bond donors (Lipinski definition) is 2. The molecule has 106 valence electrons. The second-order valence-corrected chi connectivity index (χ2v) is 6.34. The Kier molecular flexibility index (Phi) is 5.80. The molecule has 0 aliphatic carbocycles. The summed E-state index contributed by atoms with van der Waals surface area (Å²) < 4.78 is 0.359. The van der Waals surface area contributed by atoms with E-state index in [-0.39, 0.29) is 18.4 Å². The van der Waals surface area contributed by atoms with Crippen molar-refractivity contribution in [2.24, 2.45) is 11.3 Å². The first kappa shape index (κ1) is 16.9. The molecular weight excluding hydrogens is 232 g/mol. The molecule has 0 aliphatic heterocycles. The van der Waals surface area contributed by atoms with Crippen molar-refractivity contribution in [3.8, 4) is 0 Å². The molecular formula is C13H27N2O3+. The topological polar surface area (TPSA) is 66.4 Å². The molecule has 0 unspecified atom stereocenters. The van der Waals surface area contributed by atoms with Crippen LogP contribution in [-0.4, -0.2) is 55.2 Å². The van der Waals surface area contributed by atoms with Gasteiger partial charge in [-0.05, 0) is 5.92 Å². The molecule has 0 rings (SSSR count). The largest absolute Gasteiger partial charge is 0.477 e. The van der Waals surface area contributed by atoms with Gasteiger partial charge in [-0.1, -0.05) is 27.7 Å². The van der Waals surface area contributed by atoms with Gasteiger partial charge in [0, 0.05) is 5.41 Å². The van der Waals surface area contributed by atoms with E-state index in [1.165, 1.54) is 0 Å². The van der Waals surface area contributed by atoms with Crippen LogP contribution in [0.1, 0.15) is 27.7 Å². The first-order chi connectivity index (χ1) is 7.99. The average Bonchev–Trinajstić information content (AvgIpc) is 2.14. The number of carbonyl (C=O) groups is 2. The first-order valence-corrected chi connectivity index (χ1v) is 6.31. The smallest absolute Gasteiger partial charge is 0.359 e. The summed E-state index contributed by atoms with van der Waals surface area (Å²) in [4.78, 5) is 22.6. The minimum absolute atomic E-state index is 0.0211. The molecule has 0 atom stereocenters. The number of rotatable bonds is 7. The molecule has 0 fully saturated rings. The third-order valence-corrected chi connectivity index (χ3v) is 3.59. The van der Waals surface area contributed by atoms with E-state index in [0.717, 1.165) is 0 Å². The van der Waals surface area contributed by atoms with Gasteiger partial charge in [-0.25, -0.2) is 4.79 Å². The van der Waals surface area contributed by atoms with Gasteiger partial charge >= 0.3 is 5.97 Å². The van der Waals surface area contributed by atoms with E-state index in [0.29, 0.717) is 17.6 Å². The summed E-state index contributed by atoms with van der Waals surface area (Å²) in [5.41, 5.74) is -0.399. The molecule has 18 heavy (non-hydrogen) atoms. The second-order valence-electron chi connectivity index (χ2n) is 6.34. The van der Waals surface area contributed by atoms with Gasteiger partial charge in [-0.15, -0.1) is 0 Å². The van der Waals surface area contributed by atoms with Crippen LogP contribution in [0.5, 0.6) is 0 Å². The summed E-state index contributed by atoms with van der Waals surface area (Å²) in [6.45, 7) is 9.04. The maximum atomic E-state index is 12.0. The average molecular weight is 259 g/mol. The fraction of sp³-hybridized carbons (Fsp3) is 0.846. The number of aliphatic carboxylic acids is 1. The van der Waals surface area contributed by atoms with Crippen LogP contribution in [-0.2, 0) is 9.59 Å². The molecule has 0 heterocycles. The maximum Gasteiger partial charge on any atom is 0.359 e. The molecule has 2 N–H and O–H groups in total. The minimum Gasteiger partial charge on any atom is -0.477 e. The van der Waals surface area contributed by atoms with Crippen molar-refractivity contribution in [2.45, 2.75) is 27.7 Å². The van der Waals surface area contributed by atoms with Crippen LogP contribution in [0.2, 0.25) is 0 Å². The molecule has 0 aromatic heterocycles. The normalized spacial score (nSPS) is 12.6. The number of likely N-dealkylation sites (N-methyl/N-ethyl adjacent to an activating group) is 1. The highest BCUT2D eigenvalue weighted by atomic mass is 16.4. The van der Waals surface area contributed by atoms with Crippen LogP contribution in [0.25, 0.3) is 0 Å². The van der Waals surface area contributed by atoms with Crippen LogP contribution in [0, 0.1) is 11.3 Å². The molecule has 0 aliphatic rings. The molecule has 0 aromatic rings. The number of amides is 1. The van der Waals surface area contributed by atoms with E-state index in [1.54, 1.807) is 0 Å². The van der Waals surface area contributed by atoms with Gasteiger partial charge in [-0.3, -0.25) is 4.79 Å². The quantitative estimate of drug-likeness (QED) is 0.669. The van der Waals surface area contributed by atoms with E-state index in [2.05, 4.69) is 5.32 Å². The zero-order chi connectivity index (χ0) is 14.6. The number of carboxylic acids is 1. The first-order valence-electron chi connectivity index (χ1n) is 6.31. The van der Waals surface area contributed by atoms with E-state index < -0.39 is 11.4 Å². The van der Waals surface area contributed by atoms with E-state index in [9.17, 15) is 9.59 Å². The summed E-state index contributed by atoms with van der Waals surface area (Å²) in [5, 5.41) is 11.6. The van der Waals surface area contributed by atoms with E-state index in [4.69, 9.17) is 5.11 Å². The van der Waals surface area contributed by atoms with Crippen LogP contribution < -0.4 is 5.32 Å². The van der Waals surface area contributed by atoms with Crippen molar-refractivity contribution in [3.63, 3.8) is 0 Å². The number of carboxylic acid groups (broad SMARTS) is 1. The Morgan fingerprint density at radius 1 is 1.28 bits per heavy atom. The summed E-state index contributed by atoms with van der Waals surface area (Å²) >= 11 is 0. The fourth-order valence-electron chi connectivity index (χ4n) is 1.41. The predicted octanol–water partition coefficient (Wildman–Crippen LogP) is 0.946. The number of hydrogen-bond acceptors (Lipinski definition) is 2. The van der Waals surface area contributed by atoms with Gasteiger partial charge in [0.25, 0.3) is 0 Å². The van der Waals surface area contributed by atoms with Gasteiger partial charge in [0.05, 0.1) is 27.2 Å². The lowest BCUT2D eigenvalue weighted by atomic mass is 9.80. The molecule has 0 radical (unpaired) electrons. The van der Waals surface area contributed by atoms with Crippen LogP contribution in [0.3, 0.4) is 0 Å². The standard InChI is InChI=1S/C13H26N2O3/c1-10(2)13(3,4)12(18)14-7-8-15(5,6)9-11(16)17/h10H,7-9H2,1-6H3,(H-,14,16,17,18)/p+1. The molecule has 5 heteroatoms. The van der Waals surface area contributed by atoms with Crippen LogP contribution in [0.15, 0.2) is 0 Å². The molecule has 0 saturated carbocycles. The lowest BCUT2D eigenvalue weighted by molar-refractivity contribution is -0.881. The Hall–Kier alpha value is -1.10. The van der Waals surface area contributed by atoms with Crippen molar-refractivity contribution < 1.29 is 19.2 Å².